The number of hydrogen-bond donors (Lipinski definition) is 0. The third kappa shape index (κ3) is 4.29. The number of amides is 2. The Bertz CT molecular complexity index is 953. The molecule has 8 nitrogen and oxygen atoms in total. The zero-order valence-electron chi connectivity index (χ0n) is 17.8. The highest BCUT2D eigenvalue weighted by molar-refractivity contribution is 6.00. The summed E-state index contributed by atoms with van der Waals surface area (Å²) in [7, 11) is 1.61. The van der Waals surface area contributed by atoms with Crippen LogP contribution in [0.4, 0.5) is 5.69 Å². The molecule has 5 rings (SSSR count). The fraction of sp³-hybridized carbons (Fsp3) is 0.565. The van der Waals surface area contributed by atoms with Crippen LogP contribution in [0.2, 0.25) is 0 Å². The predicted molar refractivity (Wildman–Crippen MR) is 113 cm³/mol. The molecular weight excluding hydrogens is 396 g/mol. The number of ether oxygens (including phenoxy) is 1. The largest absolute Gasteiger partial charge is 0.497 e. The van der Waals surface area contributed by atoms with Crippen LogP contribution in [0.15, 0.2) is 28.8 Å². The minimum absolute atomic E-state index is 0.00413. The Morgan fingerprint density at radius 1 is 1.19 bits per heavy atom. The van der Waals surface area contributed by atoms with Gasteiger partial charge in [-0.1, -0.05) is 5.16 Å². The standard InChI is InChI=1S/C23H28N4O4/c1-30-19-8-6-18(7-9-19)27-14-17(12-21(27)28)23(29)26-10-2-3-15(13-26)11-20-24-22(25-31-20)16-4-5-16/h6-9,15-17H,2-5,10-14H2,1H3. The monoisotopic (exact) mass is 424 g/mol. The summed E-state index contributed by atoms with van der Waals surface area (Å²) in [6.45, 7) is 1.87. The summed E-state index contributed by atoms with van der Waals surface area (Å²) in [5.74, 6) is 2.85. The van der Waals surface area contributed by atoms with Crippen molar-refractivity contribution in [1.82, 2.24) is 15.0 Å². The Balaban J connectivity index is 1.19. The summed E-state index contributed by atoms with van der Waals surface area (Å²) in [5, 5.41) is 4.10. The van der Waals surface area contributed by atoms with Gasteiger partial charge in [-0.25, -0.2) is 0 Å². The molecule has 1 aromatic carbocycles. The van der Waals surface area contributed by atoms with E-state index in [4.69, 9.17) is 9.26 Å². The van der Waals surface area contributed by atoms with Crippen LogP contribution in [0.3, 0.4) is 0 Å². The van der Waals surface area contributed by atoms with Gasteiger partial charge in [-0.05, 0) is 55.9 Å². The Hall–Kier alpha value is -2.90. The van der Waals surface area contributed by atoms with Gasteiger partial charge in [0.15, 0.2) is 5.82 Å². The molecule has 0 spiro atoms. The number of nitrogens with zero attached hydrogens (tertiary/aromatic N) is 4. The number of carbonyl (C=O) groups excluding carboxylic acids is 2. The molecule has 3 heterocycles. The molecule has 31 heavy (non-hydrogen) atoms. The Labute approximate surface area is 181 Å². The second-order valence-electron chi connectivity index (χ2n) is 8.92. The fourth-order valence-corrected chi connectivity index (χ4v) is 4.68. The zero-order chi connectivity index (χ0) is 21.4. The molecule has 8 heteroatoms. The number of methoxy groups -OCH3 is 1. The SMILES string of the molecule is COc1ccc(N2CC(C(=O)N3CCCC(Cc4nc(C5CC5)no4)C3)CC2=O)cc1. The Morgan fingerprint density at radius 2 is 2.00 bits per heavy atom. The molecule has 0 bridgehead atoms. The molecule has 0 radical (unpaired) electrons. The number of piperidine rings is 1. The molecule has 2 unspecified atom stereocenters. The van der Waals surface area contributed by atoms with Crippen molar-refractivity contribution in [3.8, 4) is 5.75 Å². The molecular formula is C23H28N4O4. The quantitative estimate of drug-likeness (QED) is 0.709. The molecule has 2 saturated heterocycles. The van der Waals surface area contributed by atoms with Crippen LogP contribution in [0.1, 0.15) is 49.7 Å². The van der Waals surface area contributed by atoms with Crippen LogP contribution in [0, 0.1) is 11.8 Å². The summed E-state index contributed by atoms with van der Waals surface area (Å²) in [4.78, 5) is 34.0. The van der Waals surface area contributed by atoms with Crippen LogP contribution in [0.5, 0.6) is 5.75 Å². The maximum Gasteiger partial charge on any atom is 0.228 e. The lowest BCUT2D eigenvalue weighted by atomic mass is 9.93. The van der Waals surface area contributed by atoms with Crippen molar-refractivity contribution in [2.45, 2.75) is 44.4 Å². The lowest BCUT2D eigenvalue weighted by Crippen LogP contribution is -2.44. The highest BCUT2D eigenvalue weighted by Crippen LogP contribution is 2.38. The van der Waals surface area contributed by atoms with Crippen LogP contribution in [-0.2, 0) is 16.0 Å². The number of rotatable bonds is 6. The normalized spacial score (nSPS) is 24.0. The molecule has 2 atom stereocenters. The summed E-state index contributed by atoms with van der Waals surface area (Å²) in [6, 6.07) is 7.39. The van der Waals surface area contributed by atoms with Crippen molar-refractivity contribution in [2.75, 3.05) is 31.6 Å². The molecule has 2 amide bonds. The third-order valence-corrected chi connectivity index (χ3v) is 6.58. The van der Waals surface area contributed by atoms with Crippen LogP contribution >= 0.6 is 0 Å². The van der Waals surface area contributed by atoms with E-state index in [2.05, 4.69) is 10.1 Å². The lowest BCUT2D eigenvalue weighted by Gasteiger charge is -2.33. The lowest BCUT2D eigenvalue weighted by molar-refractivity contribution is -0.137. The van der Waals surface area contributed by atoms with E-state index in [0.717, 1.165) is 49.5 Å². The first-order valence-electron chi connectivity index (χ1n) is 11.2. The second kappa shape index (κ2) is 8.32. The van der Waals surface area contributed by atoms with Gasteiger partial charge in [-0.15, -0.1) is 0 Å². The Morgan fingerprint density at radius 3 is 2.74 bits per heavy atom. The molecule has 3 aliphatic rings. The van der Waals surface area contributed by atoms with Gasteiger partial charge >= 0.3 is 0 Å². The van der Waals surface area contributed by atoms with Gasteiger partial charge in [-0.3, -0.25) is 9.59 Å². The summed E-state index contributed by atoms with van der Waals surface area (Å²) in [6.07, 6.45) is 5.29. The highest BCUT2D eigenvalue weighted by Gasteiger charge is 2.38. The first kappa shape index (κ1) is 20.0. The van der Waals surface area contributed by atoms with Gasteiger partial charge in [0.05, 0.1) is 13.0 Å². The van der Waals surface area contributed by atoms with Crippen LogP contribution in [-0.4, -0.2) is 53.6 Å². The molecule has 2 aliphatic heterocycles. The van der Waals surface area contributed by atoms with Crippen molar-refractivity contribution in [3.63, 3.8) is 0 Å². The topological polar surface area (TPSA) is 88.8 Å². The maximum atomic E-state index is 13.2. The van der Waals surface area contributed by atoms with E-state index in [-0.39, 0.29) is 24.2 Å². The van der Waals surface area contributed by atoms with Gasteiger partial charge in [0.25, 0.3) is 0 Å². The molecule has 0 N–H and O–H groups in total. The average Bonchev–Trinajstić information content (AvgIpc) is 3.43. The first-order valence-corrected chi connectivity index (χ1v) is 11.2. The van der Waals surface area contributed by atoms with Crippen molar-refractivity contribution in [1.29, 1.82) is 0 Å². The Kier molecular flexibility index (Phi) is 5.38. The van der Waals surface area contributed by atoms with Crippen molar-refractivity contribution in [2.24, 2.45) is 11.8 Å². The molecule has 1 aliphatic carbocycles. The smallest absolute Gasteiger partial charge is 0.228 e. The minimum Gasteiger partial charge on any atom is -0.497 e. The molecule has 2 aromatic rings. The van der Waals surface area contributed by atoms with E-state index in [1.54, 1.807) is 12.0 Å². The average molecular weight is 425 g/mol. The zero-order valence-corrected chi connectivity index (χ0v) is 17.8. The number of hydrogen-bond acceptors (Lipinski definition) is 6. The van der Waals surface area contributed by atoms with Crippen molar-refractivity contribution < 1.29 is 18.8 Å². The van der Waals surface area contributed by atoms with Crippen molar-refractivity contribution >= 4 is 17.5 Å². The van der Waals surface area contributed by atoms with E-state index in [9.17, 15) is 9.59 Å². The predicted octanol–water partition coefficient (Wildman–Crippen LogP) is 2.79. The van der Waals surface area contributed by atoms with Gasteiger partial charge in [0, 0.05) is 44.1 Å². The van der Waals surface area contributed by atoms with E-state index < -0.39 is 0 Å². The summed E-state index contributed by atoms with van der Waals surface area (Å²) in [5.41, 5.74) is 0.806. The number of benzene rings is 1. The van der Waals surface area contributed by atoms with E-state index in [1.807, 2.05) is 29.2 Å². The highest BCUT2D eigenvalue weighted by atomic mass is 16.5. The minimum atomic E-state index is -0.293. The van der Waals surface area contributed by atoms with E-state index in [1.165, 1.54) is 0 Å². The van der Waals surface area contributed by atoms with E-state index >= 15 is 0 Å². The van der Waals surface area contributed by atoms with Crippen molar-refractivity contribution in [3.05, 3.63) is 36.0 Å². The molecule has 1 saturated carbocycles. The van der Waals surface area contributed by atoms with Gasteiger partial charge in [-0.2, -0.15) is 4.98 Å². The van der Waals surface area contributed by atoms with Crippen LogP contribution in [0.25, 0.3) is 0 Å². The molecule has 1 aromatic heterocycles. The maximum absolute atomic E-state index is 13.2. The number of anilines is 1. The second-order valence-corrected chi connectivity index (χ2v) is 8.92. The van der Waals surface area contributed by atoms with Gasteiger partial charge in [0.1, 0.15) is 5.75 Å². The van der Waals surface area contributed by atoms with E-state index in [0.29, 0.717) is 37.2 Å². The third-order valence-electron chi connectivity index (χ3n) is 6.58. The van der Waals surface area contributed by atoms with Crippen LogP contribution < -0.4 is 9.64 Å². The van der Waals surface area contributed by atoms with Gasteiger partial charge in [0.2, 0.25) is 17.7 Å². The molecule has 3 fully saturated rings. The number of carbonyl (C=O) groups is 2. The first-order chi connectivity index (χ1) is 15.1. The number of aromatic nitrogens is 2. The fourth-order valence-electron chi connectivity index (χ4n) is 4.68. The number of likely N-dealkylation sites (tertiary alicyclic amines) is 1. The molecule has 164 valence electrons. The summed E-state index contributed by atoms with van der Waals surface area (Å²) < 4.78 is 10.6. The van der Waals surface area contributed by atoms with Gasteiger partial charge < -0.3 is 19.1 Å². The summed E-state index contributed by atoms with van der Waals surface area (Å²) >= 11 is 0.